The molecule has 6 heterocycles. The van der Waals surface area contributed by atoms with Gasteiger partial charge in [-0.1, -0.05) is 13.0 Å². The number of ether oxygens (including phenoxy) is 3. The van der Waals surface area contributed by atoms with Gasteiger partial charge in [-0.3, -0.25) is 14.4 Å². The van der Waals surface area contributed by atoms with Crippen LogP contribution in [0.2, 0.25) is 0 Å². The molecular weight excluding hydrogens is 710 g/mol. The van der Waals surface area contributed by atoms with E-state index in [1.165, 1.54) is 6.07 Å². The summed E-state index contributed by atoms with van der Waals surface area (Å²) in [5.41, 5.74) is 4.03. The molecule has 0 spiro atoms. The summed E-state index contributed by atoms with van der Waals surface area (Å²) < 4.78 is 48.7. The number of phenolic OH excluding ortho intramolecular Hbond substituents is 1. The van der Waals surface area contributed by atoms with Crippen LogP contribution in [0.1, 0.15) is 65.6 Å². The van der Waals surface area contributed by atoms with Crippen LogP contribution in [0.5, 0.6) is 11.8 Å². The van der Waals surface area contributed by atoms with Crippen LogP contribution >= 0.6 is 0 Å². The number of amides is 1. The lowest BCUT2D eigenvalue weighted by atomic mass is 9.95. The molecule has 2 aromatic carbocycles. The van der Waals surface area contributed by atoms with Crippen LogP contribution in [-0.4, -0.2) is 114 Å². The van der Waals surface area contributed by atoms with Crippen LogP contribution in [0.3, 0.4) is 0 Å². The molecule has 1 amide bonds. The first-order chi connectivity index (χ1) is 26.7. The number of nitrogens with zero attached hydrogens (tertiary/aromatic N) is 7. The average Bonchev–Trinajstić information content (AvgIpc) is 3.81. The lowest BCUT2D eigenvalue weighted by Gasteiger charge is -2.35. The van der Waals surface area contributed by atoms with Crippen LogP contribution in [0.4, 0.5) is 20.3 Å². The van der Waals surface area contributed by atoms with Gasteiger partial charge in [0, 0.05) is 69.0 Å². The van der Waals surface area contributed by atoms with E-state index in [0.29, 0.717) is 103 Å². The highest BCUT2D eigenvalue weighted by atomic mass is 19.1. The molecule has 0 radical (unpaired) electrons. The number of aromatic nitrogens is 4. The molecule has 4 aromatic rings. The van der Waals surface area contributed by atoms with Gasteiger partial charge in [0.15, 0.2) is 5.69 Å². The van der Waals surface area contributed by atoms with E-state index in [2.05, 4.69) is 25.1 Å². The lowest BCUT2D eigenvalue weighted by Crippen LogP contribution is -2.43. The van der Waals surface area contributed by atoms with Gasteiger partial charge in [0.05, 0.1) is 49.8 Å². The Labute approximate surface area is 319 Å². The van der Waals surface area contributed by atoms with Crippen molar-refractivity contribution in [3.63, 3.8) is 0 Å². The molecule has 4 aliphatic heterocycles. The van der Waals surface area contributed by atoms with E-state index < -0.39 is 6.17 Å². The number of methoxy groups -OCH3 is 1. The van der Waals surface area contributed by atoms with E-state index in [0.717, 1.165) is 65.0 Å². The first-order valence-electron chi connectivity index (χ1n) is 19.5. The minimum atomic E-state index is -0.879. The summed E-state index contributed by atoms with van der Waals surface area (Å²) in [4.78, 5) is 29.7. The SMILES string of the molecule is CCc1c(F)ccc2cc(O)cc(N3CCc4c(nc(OC[C@@]56CCCN5C[C@H](F)C6)nc4N4CCCn5nc(C(=O)NCCOCCOC)cc5C4)C3)c12. The quantitative estimate of drug-likeness (QED) is 0.186. The fraction of sp³-hybridized carbons (Fsp3) is 0.550. The van der Waals surface area contributed by atoms with Crippen LogP contribution in [0, 0.1) is 5.82 Å². The predicted molar refractivity (Wildman–Crippen MR) is 203 cm³/mol. The van der Waals surface area contributed by atoms with E-state index in [1.807, 2.05) is 17.7 Å². The second-order valence-electron chi connectivity index (χ2n) is 15.1. The second kappa shape index (κ2) is 15.9. The highest BCUT2D eigenvalue weighted by Crippen LogP contribution is 2.42. The van der Waals surface area contributed by atoms with Crippen molar-refractivity contribution in [3.05, 3.63) is 64.4 Å². The Hall–Kier alpha value is -4.60. The van der Waals surface area contributed by atoms with Crippen molar-refractivity contribution in [2.24, 2.45) is 0 Å². The zero-order valence-electron chi connectivity index (χ0n) is 31.7. The van der Waals surface area contributed by atoms with Crippen LogP contribution in [0.15, 0.2) is 30.3 Å². The van der Waals surface area contributed by atoms with Gasteiger partial charge >= 0.3 is 6.01 Å². The van der Waals surface area contributed by atoms with Gasteiger partial charge in [0.2, 0.25) is 0 Å². The third-order valence-electron chi connectivity index (χ3n) is 11.6. The number of phenols is 1. The highest BCUT2D eigenvalue weighted by Gasteiger charge is 2.49. The number of carbonyl (C=O) groups excluding carboxylic acids is 1. The molecule has 0 aliphatic carbocycles. The van der Waals surface area contributed by atoms with Crippen LogP contribution in [-0.2, 0) is 41.9 Å². The third-order valence-corrected chi connectivity index (χ3v) is 11.6. The Balaban J connectivity index is 1.09. The van der Waals surface area contributed by atoms with Gasteiger partial charge in [0.25, 0.3) is 5.91 Å². The standard InChI is InChI=1S/C40H50F2N8O5/c1-3-30-32(42)7-6-26-18-29(51)20-35(36(26)30)47-14-8-31-34(24-47)44-39(55-25-40-9-4-12-49(40)22-27(41)21-40)45-37(31)48-11-5-13-50-28(23-48)19-33(46-50)38(52)43-10-15-54-17-16-53-2/h6-7,18-20,27,51H,3-5,8-17,21-25H2,1-2H3,(H,43,52)/t27-,40+/m1/s1. The summed E-state index contributed by atoms with van der Waals surface area (Å²) in [5, 5.41) is 19.9. The van der Waals surface area contributed by atoms with E-state index in [4.69, 9.17) is 24.2 Å². The number of nitrogens with one attached hydrogen (secondary N) is 1. The number of rotatable bonds is 13. The van der Waals surface area contributed by atoms with Gasteiger partial charge in [-0.25, -0.2) is 8.78 Å². The Bertz CT molecular complexity index is 2050. The molecule has 294 valence electrons. The minimum Gasteiger partial charge on any atom is -0.508 e. The van der Waals surface area contributed by atoms with Crippen molar-refractivity contribution in [2.75, 3.05) is 76.1 Å². The Morgan fingerprint density at radius 1 is 1.05 bits per heavy atom. The molecule has 2 aromatic heterocycles. The molecular formula is C40H50F2N8O5. The third kappa shape index (κ3) is 7.53. The maximum Gasteiger partial charge on any atom is 0.318 e. The summed E-state index contributed by atoms with van der Waals surface area (Å²) in [7, 11) is 1.61. The molecule has 0 unspecified atom stereocenters. The number of hydrogen-bond donors (Lipinski definition) is 2. The molecule has 0 bridgehead atoms. The van der Waals surface area contributed by atoms with E-state index in [9.17, 15) is 14.3 Å². The summed E-state index contributed by atoms with van der Waals surface area (Å²) in [6.07, 6.45) is 3.32. The number of aryl methyl sites for hydroxylation is 2. The highest BCUT2D eigenvalue weighted by molar-refractivity contribution is 5.98. The van der Waals surface area contributed by atoms with E-state index >= 15 is 4.39 Å². The van der Waals surface area contributed by atoms with Gasteiger partial charge in [0.1, 0.15) is 30.2 Å². The van der Waals surface area contributed by atoms with Crippen molar-refractivity contribution in [3.8, 4) is 11.8 Å². The number of halogens is 2. The van der Waals surface area contributed by atoms with Crippen LogP contribution in [0.25, 0.3) is 10.8 Å². The molecule has 2 fully saturated rings. The minimum absolute atomic E-state index is 0.113. The molecule has 2 saturated heterocycles. The number of alkyl halides is 1. The fourth-order valence-corrected chi connectivity index (χ4v) is 8.97. The molecule has 2 N–H and O–H groups in total. The van der Waals surface area contributed by atoms with Crippen molar-refractivity contribution in [1.29, 1.82) is 0 Å². The smallest absolute Gasteiger partial charge is 0.318 e. The van der Waals surface area contributed by atoms with Gasteiger partial charge in [-0.05, 0) is 67.8 Å². The zero-order valence-corrected chi connectivity index (χ0v) is 31.7. The number of carbonyl (C=O) groups is 1. The fourth-order valence-electron chi connectivity index (χ4n) is 8.97. The lowest BCUT2D eigenvalue weighted by molar-refractivity contribution is 0.0691. The number of fused-ring (bicyclic) bond motifs is 4. The summed E-state index contributed by atoms with van der Waals surface area (Å²) in [6.45, 7) is 8.04. The summed E-state index contributed by atoms with van der Waals surface area (Å²) in [5.74, 6) is 0.355. The first kappa shape index (κ1) is 37.3. The number of benzene rings is 2. The largest absolute Gasteiger partial charge is 0.508 e. The normalized spacial score (nSPS) is 21.1. The monoisotopic (exact) mass is 760 g/mol. The summed E-state index contributed by atoms with van der Waals surface area (Å²) >= 11 is 0. The van der Waals surface area contributed by atoms with Crippen molar-refractivity contribution in [2.45, 2.75) is 76.8 Å². The predicted octanol–water partition coefficient (Wildman–Crippen LogP) is 4.55. The second-order valence-corrected chi connectivity index (χ2v) is 15.1. The van der Waals surface area contributed by atoms with E-state index in [-0.39, 0.29) is 29.0 Å². The molecule has 4 aliphatic rings. The number of anilines is 2. The molecule has 13 nitrogen and oxygen atoms in total. The van der Waals surface area contributed by atoms with Crippen molar-refractivity contribution in [1.82, 2.24) is 30.0 Å². The molecule has 0 saturated carbocycles. The maximum absolute atomic E-state index is 15.2. The molecule has 55 heavy (non-hydrogen) atoms. The Kier molecular flexibility index (Phi) is 10.8. The number of aromatic hydroxyl groups is 1. The average molecular weight is 761 g/mol. The van der Waals surface area contributed by atoms with E-state index in [1.54, 1.807) is 25.3 Å². The summed E-state index contributed by atoms with van der Waals surface area (Å²) in [6, 6.07) is 8.64. The Morgan fingerprint density at radius 2 is 1.95 bits per heavy atom. The molecule has 8 rings (SSSR count). The molecule has 2 atom stereocenters. The Morgan fingerprint density at radius 3 is 2.80 bits per heavy atom. The van der Waals surface area contributed by atoms with Crippen molar-refractivity contribution < 1.29 is 32.9 Å². The molecule has 15 heteroatoms. The van der Waals surface area contributed by atoms with Gasteiger partial charge in [-0.2, -0.15) is 15.1 Å². The zero-order chi connectivity index (χ0) is 38.1. The first-order valence-corrected chi connectivity index (χ1v) is 19.5. The van der Waals surface area contributed by atoms with Crippen LogP contribution < -0.4 is 19.9 Å². The van der Waals surface area contributed by atoms with Gasteiger partial charge < -0.3 is 34.4 Å². The topological polar surface area (TPSA) is 130 Å². The van der Waals surface area contributed by atoms with Gasteiger partial charge in [-0.15, -0.1) is 0 Å². The number of hydrogen-bond acceptors (Lipinski definition) is 11. The van der Waals surface area contributed by atoms with Crippen molar-refractivity contribution >= 4 is 28.2 Å². The maximum atomic E-state index is 15.2.